The summed E-state index contributed by atoms with van der Waals surface area (Å²) < 4.78 is 5.09. The molecule has 2 atom stereocenters. The third-order valence-corrected chi connectivity index (χ3v) is 3.98. The molecule has 0 aliphatic carbocycles. The van der Waals surface area contributed by atoms with Crippen molar-refractivity contribution < 1.29 is 14.6 Å². The molecule has 1 heterocycles. The number of alkyl halides is 1. The van der Waals surface area contributed by atoms with Gasteiger partial charge in [0.25, 0.3) is 0 Å². The van der Waals surface area contributed by atoms with E-state index < -0.39 is 5.60 Å². The van der Waals surface area contributed by atoms with E-state index in [2.05, 4.69) is 21.2 Å². The van der Waals surface area contributed by atoms with E-state index in [1.54, 1.807) is 0 Å². The van der Waals surface area contributed by atoms with E-state index in [9.17, 15) is 9.90 Å². The average Bonchev–Trinajstić information content (AvgIpc) is 2.61. The fourth-order valence-corrected chi connectivity index (χ4v) is 1.55. The Kier molecular flexibility index (Phi) is 4.55. The lowest BCUT2D eigenvalue weighted by molar-refractivity contribution is -0.122. The summed E-state index contributed by atoms with van der Waals surface area (Å²) in [6.07, 6.45) is 0.585. The van der Waals surface area contributed by atoms with Crippen LogP contribution in [0.15, 0.2) is 0 Å². The molecular formula is C10H18BrNO3. The summed E-state index contributed by atoms with van der Waals surface area (Å²) in [6.45, 7) is 5.07. The summed E-state index contributed by atoms with van der Waals surface area (Å²) in [5.41, 5.74) is -0.876. The van der Waals surface area contributed by atoms with Crippen LogP contribution in [0.25, 0.3) is 0 Å². The smallest absolute Gasteiger partial charge is 0.234 e. The average molecular weight is 280 g/mol. The van der Waals surface area contributed by atoms with Gasteiger partial charge in [-0.05, 0) is 5.92 Å². The number of hydrogen-bond donors (Lipinski definition) is 2. The molecule has 4 nitrogen and oxygen atoms in total. The summed E-state index contributed by atoms with van der Waals surface area (Å²) >= 11 is 3.31. The van der Waals surface area contributed by atoms with Gasteiger partial charge in [-0.25, -0.2) is 0 Å². The number of hydrogen-bond acceptors (Lipinski definition) is 3. The Hall–Kier alpha value is -0.130. The molecule has 15 heavy (non-hydrogen) atoms. The lowest BCUT2D eigenvalue weighted by Crippen LogP contribution is -2.46. The summed E-state index contributed by atoms with van der Waals surface area (Å²) in [4.78, 5) is 11.4. The fraction of sp³-hybridized carbons (Fsp3) is 0.900. The molecular weight excluding hydrogens is 262 g/mol. The quantitative estimate of drug-likeness (QED) is 0.744. The van der Waals surface area contributed by atoms with Crippen molar-refractivity contribution >= 4 is 21.8 Å². The molecule has 1 aliphatic rings. The molecule has 1 saturated heterocycles. The molecule has 0 bridgehead atoms. The highest BCUT2D eigenvalue weighted by molar-refractivity contribution is 9.10. The van der Waals surface area contributed by atoms with Crippen LogP contribution >= 0.6 is 15.9 Å². The minimum absolute atomic E-state index is 0.0784. The van der Waals surface area contributed by atoms with Crippen molar-refractivity contribution in [2.45, 2.75) is 30.7 Å². The highest BCUT2D eigenvalue weighted by Gasteiger charge is 2.33. The molecule has 0 radical (unpaired) electrons. The molecule has 1 rings (SSSR count). The van der Waals surface area contributed by atoms with Gasteiger partial charge in [0.15, 0.2) is 0 Å². The molecule has 88 valence electrons. The van der Waals surface area contributed by atoms with Crippen molar-refractivity contribution in [1.29, 1.82) is 0 Å². The second-order valence-electron chi connectivity index (χ2n) is 4.39. The van der Waals surface area contributed by atoms with Gasteiger partial charge in [-0.3, -0.25) is 4.79 Å². The van der Waals surface area contributed by atoms with Crippen LogP contribution < -0.4 is 5.32 Å². The van der Waals surface area contributed by atoms with Crippen molar-refractivity contribution in [3.63, 3.8) is 0 Å². The second kappa shape index (κ2) is 5.27. The zero-order valence-electron chi connectivity index (χ0n) is 9.12. The molecule has 0 aromatic carbocycles. The van der Waals surface area contributed by atoms with Gasteiger partial charge in [-0.15, -0.1) is 0 Å². The molecule has 1 amide bonds. The van der Waals surface area contributed by atoms with E-state index >= 15 is 0 Å². The van der Waals surface area contributed by atoms with Crippen molar-refractivity contribution in [3.8, 4) is 0 Å². The van der Waals surface area contributed by atoms with Crippen molar-refractivity contribution in [3.05, 3.63) is 0 Å². The topological polar surface area (TPSA) is 58.6 Å². The Morgan fingerprint density at radius 2 is 2.33 bits per heavy atom. The Morgan fingerprint density at radius 1 is 1.67 bits per heavy atom. The summed E-state index contributed by atoms with van der Waals surface area (Å²) in [7, 11) is 0. The van der Waals surface area contributed by atoms with Crippen LogP contribution in [0.5, 0.6) is 0 Å². The maximum absolute atomic E-state index is 11.6. The predicted octanol–water partition coefficient (Wildman–Crippen LogP) is 0.674. The number of halogens is 1. The first-order chi connectivity index (χ1) is 6.94. The van der Waals surface area contributed by atoms with Crippen LogP contribution in [0.2, 0.25) is 0 Å². The molecule has 2 unspecified atom stereocenters. The van der Waals surface area contributed by atoms with Gasteiger partial charge in [-0.1, -0.05) is 29.8 Å². The van der Waals surface area contributed by atoms with E-state index in [0.29, 0.717) is 19.6 Å². The summed E-state index contributed by atoms with van der Waals surface area (Å²) in [5.74, 6) is 0.157. The SMILES string of the molecule is CC(C)C(Br)C(=O)NCC1(O)CCOC1. The number of ether oxygens (including phenoxy) is 1. The summed E-state index contributed by atoms with van der Waals surface area (Å²) in [6, 6.07) is 0. The van der Waals surface area contributed by atoms with Crippen LogP contribution in [0.1, 0.15) is 20.3 Å². The van der Waals surface area contributed by atoms with Gasteiger partial charge in [-0.2, -0.15) is 0 Å². The van der Waals surface area contributed by atoms with Gasteiger partial charge in [0.05, 0.1) is 11.4 Å². The van der Waals surface area contributed by atoms with E-state index in [-0.39, 0.29) is 23.2 Å². The Labute approximate surface area is 98.5 Å². The molecule has 0 aromatic heterocycles. The summed E-state index contributed by atoms with van der Waals surface area (Å²) in [5, 5.41) is 12.6. The highest BCUT2D eigenvalue weighted by Crippen LogP contribution is 2.18. The molecule has 5 heteroatoms. The highest BCUT2D eigenvalue weighted by atomic mass is 79.9. The van der Waals surface area contributed by atoms with E-state index in [0.717, 1.165) is 0 Å². The first-order valence-electron chi connectivity index (χ1n) is 5.16. The van der Waals surface area contributed by atoms with Crippen LogP contribution in [-0.4, -0.2) is 41.2 Å². The first-order valence-corrected chi connectivity index (χ1v) is 6.08. The van der Waals surface area contributed by atoms with E-state index in [1.807, 2.05) is 13.8 Å². The zero-order valence-corrected chi connectivity index (χ0v) is 10.7. The van der Waals surface area contributed by atoms with Crippen LogP contribution in [0, 0.1) is 5.92 Å². The lowest BCUT2D eigenvalue weighted by atomic mass is 10.0. The first kappa shape index (κ1) is 12.9. The largest absolute Gasteiger partial charge is 0.386 e. The Morgan fingerprint density at radius 3 is 2.80 bits per heavy atom. The maximum atomic E-state index is 11.6. The third-order valence-electron chi connectivity index (χ3n) is 2.51. The van der Waals surface area contributed by atoms with Gasteiger partial charge in [0.2, 0.25) is 5.91 Å². The normalized spacial score (nSPS) is 28.1. The number of aliphatic hydroxyl groups is 1. The van der Waals surface area contributed by atoms with Crippen LogP contribution in [-0.2, 0) is 9.53 Å². The number of nitrogens with one attached hydrogen (secondary N) is 1. The van der Waals surface area contributed by atoms with Gasteiger partial charge in [0.1, 0.15) is 5.60 Å². The second-order valence-corrected chi connectivity index (χ2v) is 5.38. The number of rotatable bonds is 4. The maximum Gasteiger partial charge on any atom is 0.234 e. The molecule has 0 spiro atoms. The Balaban J connectivity index is 2.33. The van der Waals surface area contributed by atoms with Gasteiger partial charge in [0, 0.05) is 19.6 Å². The minimum atomic E-state index is -0.876. The van der Waals surface area contributed by atoms with Crippen molar-refractivity contribution in [1.82, 2.24) is 5.32 Å². The molecule has 0 saturated carbocycles. The lowest BCUT2D eigenvalue weighted by Gasteiger charge is -2.22. The van der Waals surface area contributed by atoms with Crippen LogP contribution in [0.4, 0.5) is 0 Å². The number of carbonyl (C=O) groups is 1. The standard InChI is InChI=1S/C10H18BrNO3/c1-7(2)8(11)9(13)12-5-10(14)3-4-15-6-10/h7-8,14H,3-6H2,1-2H3,(H,12,13). The minimum Gasteiger partial charge on any atom is -0.386 e. The predicted molar refractivity (Wildman–Crippen MR) is 60.9 cm³/mol. The molecule has 1 aliphatic heterocycles. The fourth-order valence-electron chi connectivity index (χ4n) is 1.39. The van der Waals surface area contributed by atoms with Crippen LogP contribution in [0.3, 0.4) is 0 Å². The van der Waals surface area contributed by atoms with Crippen molar-refractivity contribution in [2.24, 2.45) is 5.92 Å². The van der Waals surface area contributed by atoms with Gasteiger partial charge >= 0.3 is 0 Å². The molecule has 2 N–H and O–H groups in total. The van der Waals surface area contributed by atoms with Gasteiger partial charge < -0.3 is 15.2 Å². The van der Waals surface area contributed by atoms with Crippen molar-refractivity contribution in [2.75, 3.05) is 19.8 Å². The third kappa shape index (κ3) is 3.74. The van der Waals surface area contributed by atoms with E-state index in [4.69, 9.17) is 4.74 Å². The molecule has 0 aromatic rings. The number of carbonyl (C=O) groups excluding carboxylic acids is 1. The molecule has 1 fully saturated rings. The number of amides is 1. The van der Waals surface area contributed by atoms with E-state index in [1.165, 1.54) is 0 Å². The zero-order chi connectivity index (χ0) is 11.5. The Bertz CT molecular complexity index is 227. The monoisotopic (exact) mass is 279 g/mol.